The highest BCUT2D eigenvalue weighted by Crippen LogP contribution is 2.28. The van der Waals surface area contributed by atoms with Crippen LogP contribution in [0.15, 0.2) is 29.6 Å². The van der Waals surface area contributed by atoms with Crippen LogP contribution in [0.25, 0.3) is 10.6 Å². The molecule has 2 aromatic rings. The molecule has 1 atom stereocenters. The first kappa shape index (κ1) is 12.3. The Kier molecular flexibility index (Phi) is 3.92. The topological polar surface area (TPSA) is 38.9 Å². The van der Waals surface area contributed by atoms with Crippen LogP contribution in [0.1, 0.15) is 30.5 Å². The maximum absolute atomic E-state index is 5.75. The molecule has 0 aliphatic rings. The number of nitrogens with two attached hydrogens (primary N) is 1. The molecule has 90 valence electrons. The number of benzene rings is 1. The summed E-state index contributed by atoms with van der Waals surface area (Å²) < 4.78 is 0. The van der Waals surface area contributed by atoms with Gasteiger partial charge in [-0.1, -0.05) is 36.8 Å². The van der Waals surface area contributed by atoms with Crippen molar-refractivity contribution in [1.29, 1.82) is 0 Å². The first-order valence-corrected chi connectivity index (χ1v) is 6.85. The van der Waals surface area contributed by atoms with Crippen molar-refractivity contribution in [2.45, 2.75) is 26.2 Å². The normalized spacial score (nSPS) is 12.6. The molecule has 1 heterocycles. The number of nitrogens with zero attached hydrogens (tertiary/aromatic N) is 1. The van der Waals surface area contributed by atoms with Crippen LogP contribution in [0.3, 0.4) is 0 Å². The highest BCUT2D eigenvalue weighted by atomic mass is 32.1. The fourth-order valence-corrected chi connectivity index (χ4v) is 2.71. The van der Waals surface area contributed by atoms with Crippen LogP contribution >= 0.6 is 11.3 Å². The lowest BCUT2D eigenvalue weighted by Gasteiger charge is -2.07. The van der Waals surface area contributed by atoms with E-state index in [-0.39, 0.29) is 0 Å². The van der Waals surface area contributed by atoms with Gasteiger partial charge < -0.3 is 5.73 Å². The Bertz CT molecular complexity index is 469. The molecule has 0 aliphatic carbocycles. The lowest BCUT2D eigenvalue weighted by atomic mass is 10.0. The summed E-state index contributed by atoms with van der Waals surface area (Å²) in [6.07, 6.45) is 1.05. The minimum absolute atomic E-state index is 0.394. The summed E-state index contributed by atoms with van der Waals surface area (Å²) in [5.74, 6) is 0.394. The quantitative estimate of drug-likeness (QED) is 0.895. The Hall–Kier alpha value is -1.19. The second-order valence-corrected chi connectivity index (χ2v) is 5.14. The van der Waals surface area contributed by atoms with E-state index in [1.165, 1.54) is 11.1 Å². The summed E-state index contributed by atoms with van der Waals surface area (Å²) in [7, 11) is 0. The Morgan fingerprint density at radius 1 is 1.29 bits per heavy atom. The van der Waals surface area contributed by atoms with Gasteiger partial charge in [0.25, 0.3) is 0 Å². The van der Waals surface area contributed by atoms with Crippen molar-refractivity contribution in [3.63, 3.8) is 0 Å². The van der Waals surface area contributed by atoms with Crippen molar-refractivity contribution in [2.75, 3.05) is 6.54 Å². The van der Waals surface area contributed by atoms with Crippen LogP contribution in [0.4, 0.5) is 0 Å². The van der Waals surface area contributed by atoms with Gasteiger partial charge >= 0.3 is 0 Å². The SMILES string of the molecule is CCC(CN)c1csc(-c2ccc(C)cc2)n1. The van der Waals surface area contributed by atoms with E-state index in [1.807, 2.05) is 0 Å². The Morgan fingerprint density at radius 2 is 2.00 bits per heavy atom. The van der Waals surface area contributed by atoms with Gasteiger partial charge in [0.15, 0.2) is 0 Å². The minimum atomic E-state index is 0.394. The zero-order valence-electron chi connectivity index (χ0n) is 10.3. The maximum atomic E-state index is 5.75. The van der Waals surface area contributed by atoms with Crippen LogP contribution < -0.4 is 5.73 Å². The van der Waals surface area contributed by atoms with Crippen LogP contribution in [0.5, 0.6) is 0 Å². The largest absolute Gasteiger partial charge is 0.330 e. The molecule has 0 saturated heterocycles. The molecular formula is C14H18N2S. The molecule has 1 aromatic carbocycles. The van der Waals surface area contributed by atoms with Crippen LogP contribution in [-0.2, 0) is 0 Å². The molecule has 0 bridgehead atoms. The van der Waals surface area contributed by atoms with Gasteiger partial charge in [0.05, 0.1) is 5.69 Å². The second kappa shape index (κ2) is 5.43. The Morgan fingerprint density at radius 3 is 2.59 bits per heavy atom. The summed E-state index contributed by atoms with van der Waals surface area (Å²) in [5.41, 5.74) is 9.35. The van der Waals surface area contributed by atoms with Crippen LogP contribution in [-0.4, -0.2) is 11.5 Å². The predicted octanol–water partition coefficient (Wildman–Crippen LogP) is 3.57. The van der Waals surface area contributed by atoms with Crippen molar-refractivity contribution in [2.24, 2.45) is 5.73 Å². The lowest BCUT2D eigenvalue weighted by Crippen LogP contribution is -2.11. The third-order valence-electron chi connectivity index (χ3n) is 3.02. The van der Waals surface area contributed by atoms with E-state index in [0.717, 1.165) is 17.1 Å². The summed E-state index contributed by atoms with van der Waals surface area (Å²) in [5, 5.41) is 3.22. The third-order valence-corrected chi connectivity index (χ3v) is 3.93. The first-order chi connectivity index (χ1) is 8.24. The molecule has 0 fully saturated rings. The molecule has 0 amide bonds. The molecule has 2 rings (SSSR count). The minimum Gasteiger partial charge on any atom is -0.330 e. The van der Waals surface area contributed by atoms with E-state index in [2.05, 4.69) is 43.5 Å². The number of thiazole rings is 1. The van der Waals surface area contributed by atoms with Crippen molar-refractivity contribution in [3.05, 3.63) is 40.9 Å². The molecule has 0 spiro atoms. The first-order valence-electron chi connectivity index (χ1n) is 5.97. The van der Waals surface area contributed by atoms with Gasteiger partial charge in [-0.15, -0.1) is 11.3 Å². The van der Waals surface area contributed by atoms with Gasteiger partial charge in [0, 0.05) is 23.4 Å². The zero-order valence-corrected chi connectivity index (χ0v) is 11.1. The van der Waals surface area contributed by atoms with E-state index in [9.17, 15) is 0 Å². The monoisotopic (exact) mass is 246 g/mol. The maximum Gasteiger partial charge on any atom is 0.123 e. The van der Waals surface area contributed by atoms with Gasteiger partial charge in [0.2, 0.25) is 0 Å². The van der Waals surface area contributed by atoms with Crippen molar-refractivity contribution in [1.82, 2.24) is 4.98 Å². The lowest BCUT2D eigenvalue weighted by molar-refractivity contribution is 0.659. The van der Waals surface area contributed by atoms with E-state index in [0.29, 0.717) is 12.5 Å². The number of hydrogen-bond acceptors (Lipinski definition) is 3. The molecule has 0 aliphatic heterocycles. The zero-order chi connectivity index (χ0) is 12.3. The smallest absolute Gasteiger partial charge is 0.123 e. The fourth-order valence-electron chi connectivity index (χ4n) is 1.80. The average Bonchev–Trinajstić information content (AvgIpc) is 2.81. The summed E-state index contributed by atoms with van der Waals surface area (Å²) in [4.78, 5) is 4.69. The highest BCUT2D eigenvalue weighted by Gasteiger charge is 2.12. The number of aromatic nitrogens is 1. The van der Waals surface area contributed by atoms with Gasteiger partial charge in [0.1, 0.15) is 5.01 Å². The Balaban J connectivity index is 2.26. The molecule has 1 unspecified atom stereocenters. The number of hydrogen-bond donors (Lipinski definition) is 1. The molecule has 1 aromatic heterocycles. The molecule has 17 heavy (non-hydrogen) atoms. The van der Waals surface area contributed by atoms with Gasteiger partial charge in [-0.3, -0.25) is 0 Å². The fraction of sp³-hybridized carbons (Fsp3) is 0.357. The van der Waals surface area contributed by atoms with Crippen LogP contribution in [0, 0.1) is 6.92 Å². The summed E-state index contributed by atoms with van der Waals surface area (Å²) in [6, 6.07) is 8.50. The van der Waals surface area contributed by atoms with E-state index in [1.54, 1.807) is 11.3 Å². The van der Waals surface area contributed by atoms with Crippen molar-refractivity contribution < 1.29 is 0 Å². The predicted molar refractivity (Wildman–Crippen MR) is 74.4 cm³/mol. The summed E-state index contributed by atoms with van der Waals surface area (Å²) >= 11 is 1.70. The number of rotatable bonds is 4. The second-order valence-electron chi connectivity index (χ2n) is 4.28. The Labute approximate surface area is 107 Å². The van der Waals surface area contributed by atoms with Gasteiger partial charge in [-0.2, -0.15) is 0 Å². The third kappa shape index (κ3) is 2.73. The molecule has 3 heteroatoms. The van der Waals surface area contributed by atoms with Crippen molar-refractivity contribution >= 4 is 11.3 Å². The highest BCUT2D eigenvalue weighted by molar-refractivity contribution is 7.13. The van der Waals surface area contributed by atoms with E-state index >= 15 is 0 Å². The summed E-state index contributed by atoms with van der Waals surface area (Å²) in [6.45, 7) is 4.93. The molecule has 2 N–H and O–H groups in total. The average molecular weight is 246 g/mol. The van der Waals surface area contributed by atoms with Crippen LogP contribution in [0.2, 0.25) is 0 Å². The molecule has 2 nitrogen and oxygen atoms in total. The van der Waals surface area contributed by atoms with E-state index in [4.69, 9.17) is 10.7 Å². The molecular weight excluding hydrogens is 228 g/mol. The van der Waals surface area contributed by atoms with E-state index < -0.39 is 0 Å². The van der Waals surface area contributed by atoms with Gasteiger partial charge in [-0.05, 0) is 13.3 Å². The van der Waals surface area contributed by atoms with Crippen molar-refractivity contribution in [3.8, 4) is 10.6 Å². The molecule has 0 saturated carbocycles. The molecule has 0 radical (unpaired) electrons. The van der Waals surface area contributed by atoms with Gasteiger partial charge in [-0.25, -0.2) is 4.98 Å². The standard InChI is InChI=1S/C14H18N2S/c1-3-11(8-15)13-9-17-14(16-13)12-6-4-10(2)5-7-12/h4-7,9,11H,3,8,15H2,1-2H3. The number of aryl methyl sites for hydroxylation is 1.